The van der Waals surface area contributed by atoms with E-state index in [2.05, 4.69) is 33.0 Å². The third kappa shape index (κ3) is 3.73. The van der Waals surface area contributed by atoms with Crippen LogP contribution in [-0.4, -0.2) is 29.1 Å². The van der Waals surface area contributed by atoms with Crippen LogP contribution in [0.2, 0.25) is 0 Å². The van der Waals surface area contributed by atoms with Crippen molar-refractivity contribution in [2.75, 3.05) is 5.32 Å². The zero-order valence-corrected chi connectivity index (χ0v) is 15.1. The number of benzene rings is 1. The van der Waals surface area contributed by atoms with Crippen LogP contribution in [0.5, 0.6) is 0 Å². The van der Waals surface area contributed by atoms with Gasteiger partial charge >= 0.3 is 6.03 Å². The molecular formula is C19H21F2N3OS. The second-order valence-electron chi connectivity index (χ2n) is 7.03. The summed E-state index contributed by atoms with van der Waals surface area (Å²) in [7, 11) is 0. The third-order valence-electron chi connectivity index (χ3n) is 5.32. The fourth-order valence-electron chi connectivity index (χ4n) is 4.17. The standard InChI is InChI=1S/C19H21F2N3OS/c20-12-3-6-18(17(21)8-12)23-19(25)22-13-9-14-4-5-15(10-13)24(14)11-16-2-1-7-26-16/h1-3,6-8,13-15H,4-5,9-11H2,(H2,22,23,25). The molecule has 7 heteroatoms. The molecule has 2 aliphatic heterocycles. The number of urea groups is 1. The lowest BCUT2D eigenvalue weighted by molar-refractivity contribution is 0.113. The highest BCUT2D eigenvalue weighted by Gasteiger charge is 2.41. The van der Waals surface area contributed by atoms with E-state index in [-0.39, 0.29) is 11.7 Å². The van der Waals surface area contributed by atoms with Crippen molar-refractivity contribution in [1.29, 1.82) is 0 Å². The van der Waals surface area contributed by atoms with Crippen LogP contribution in [0.15, 0.2) is 35.7 Å². The molecule has 2 bridgehead atoms. The molecule has 4 rings (SSSR count). The van der Waals surface area contributed by atoms with E-state index in [4.69, 9.17) is 0 Å². The molecule has 0 spiro atoms. The van der Waals surface area contributed by atoms with E-state index >= 15 is 0 Å². The fourth-order valence-corrected chi connectivity index (χ4v) is 4.88. The lowest BCUT2D eigenvalue weighted by atomic mass is 9.97. The van der Waals surface area contributed by atoms with E-state index in [0.29, 0.717) is 12.1 Å². The highest BCUT2D eigenvalue weighted by Crippen LogP contribution is 2.37. The van der Waals surface area contributed by atoms with Gasteiger partial charge in [-0.15, -0.1) is 11.3 Å². The number of thiophene rings is 1. The highest BCUT2D eigenvalue weighted by molar-refractivity contribution is 7.09. The number of hydrogen-bond donors (Lipinski definition) is 2. The third-order valence-corrected chi connectivity index (χ3v) is 6.18. The van der Waals surface area contributed by atoms with E-state index in [1.54, 1.807) is 11.3 Å². The Labute approximate surface area is 155 Å². The minimum atomic E-state index is -0.772. The van der Waals surface area contributed by atoms with Crippen molar-refractivity contribution < 1.29 is 13.6 Å². The summed E-state index contributed by atoms with van der Waals surface area (Å²) in [5, 5.41) is 7.54. The van der Waals surface area contributed by atoms with Crippen molar-refractivity contribution in [2.24, 2.45) is 0 Å². The van der Waals surface area contributed by atoms with Crippen LogP contribution in [-0.2, 0) is 6.54 Å². The van der Waals surface area contributed by atoms with Gasteiger partial charge in [-0.2, -0.15) is 0 Å². The smallest absolute Gasteiger partial charge is 0.319 e. The van der Waals surface area contributed by atoms with Crippen LogP contribution < -0.4 is 10.6 Å². The van der Waals surface area contributed by atoms with Crippen LogP contribution in [0.25, 0.3) is 0 Å². The van der Waals surface area contributed by atoms with E-state index < -0.39 is 17.7 Å². The maximum Gasteiger partial charge on any atom is 0.319 e. The summed E-state index contributed by atoms with van der Waals surface area (Å²) in [6, 6.07) is 7.96. The Hall–Kier alpha value is -1.99. The predicted octanol–water partition coefficient (Wildman–Crippen LogP) is 4.34. The van der Waals surface area contributed by atoms with Crippen LogP contribution >= 0.6 is 11.3 Å². The topological polar surface area (TPSA) is 44.4 Å². The zero-order chi connectivity index (χ0) is 18.1. The van der Waals surface area contributed by atoms with E-state index in [9.17, 15) is 13.6 Å². The molecule has 2 aromatic rings. The molecule has 4 nitrogen and oxygen atoms in total. The SMILES string of the molecule is O=C(Nc1ccc(F)cc1F)NC1CC2CCC(C1)N2Cc1cccs1. The number of rotatable bonds is 4. The molecule has 3 heterocycles. The Morgan fingerprint density at radius 3 is 2.62 bits per heavy atom. The van der Waals surface area contributed by atoms with E-state index in [0.717, 1.165) is 44.4 Å². The summed E-state index contributed by atoms with van der Waals surface area (Å²) in [6.45, 7) is 0.979. The van der Waals surface area contributed by atoms with Crippen molar-refractivity contribution >= 4 is 23.1 Å². The van der Waals surface area contributed by atoms with Gasteiger partial charge in [0.25, 0.3) is 0 Å². The Kier molecular flexibility index (Phi) is 4.91. The summed E-state index contributed by atoms with van der Waals surface area (Å²) in [5.41, 5.74) is -0.0120. The van der Waals surface area contributed by atoms with Crippen LogP contribution in [0.3, 0.4) is 0 Å². The van der Waals surface area contributed by atoms with Gasteiger partial charge in [-0.1, -0.05) is 6.07 Å². The number of anilines is 1. The maximum atomic E-state index is 13.7. The molecule has 138 valence electrons. The van der Waals surface area contributed by atoms with Crippen molar-refractivity contribution in [2.45, 2.75) is 50.4 Å². The molecule has 2 N–H and O–H groups in total. The minimum Gasteiger partial charge on any atom is -0.335 e. The van der Waals surface area contributed by atoms with Crippen LogP contribution in [0, 0.1) is 11.6 Å². The normalized spacial score (nSPS) is 25.2. The Morgan fingerprint density at radius 2 is 1.96 bits per heavy atom. The number of carbonyl (C=O) groups excluding carboxylic acids is 1. The van der Waals surface area contributed by atoms with Gasteiger partial charge in [-0.25, -0.2) is 13.6 Å². The predicted molar refractivity (Wildman–Crippen MR) is 98.2 cm³/mol. The van der Waals surface area contributed by atoms with Gasteiger partial charge in [-0.05, 0) is 49.3 Å². The molecule has 2 unspecified atom stereocenters. The molecule has 2 fully saturated rings. The van der Waals surface area contributed by atoms with Crippen LogP contribution in [0.4, 0.5) is 19.3 Å². The summed E-state index contributed by atoms with van der Waals surface area (Å²) < 4.78 is 26.6. The first kappa shape index (κ1) is 17.4. The molecule has 1 aromatic heterocycles. The maximum absolute atomic E-state index is 13.7. The van der Waals surface area contributed by atoms with Gasteiger partial charge in [0, 0.05) is 35.6 Å². The molecule has 2 aliphatic rings. The van der Waals surface area contributed by atoms with E-state index in [1.165, 1.54) is 10.9 Å². The van der Waals surface area contributed by atoms with E-state index in [1.807, 2.05) is 0 Å². The lowest BCUT2D eigenvalue weighted by Crippen LogP contribution is -2.50. The van der Waals surface area contributed by atoms with Gasteiger partial charge in [0.05, 0.1) is 5.69 Å². The second kappa shape index (κ2) is 7.32. The first-order valence-corrected chi connectivity index (χ1v) is 9.77. The first-order valence-electron chi connectivity index (χ1n) is 8.89. The van der Waals surface area contributed by atoms with Gasteiger partial charge < -0.3 is 10.6 Å². The summed E-state index contributed by atoms with van der Waals surface area (Å²) in [4.78, 5) is 16.1. The average Bonchev–Trinajstić information content (AvgIpc) is 3.18. The number of halogens is 2. The summed E-state index contributed by atoms with van der Waals surface area (Å²) in [6.07, 6.45) is 4.12. The molecule has 2 amide bonds. The second-order valence-corrected chi connectivity index (χ2v) is 8.06. The molecule has 26 heavy (non-hydrogen) atoms. The van der Waals surface area contributed by atoms with Crippen molar-refractivity contribution in [3.8, 4) is 0 Å². The Morgan fingerprint density at radius 1 is 1.19 bits per heavy atom. The molecule has 2 atom stereocenters. The summed E-state index contributed by atoms with van der Waals surface area (Å²) in [5.74, 6) is -1.44. The van der Waals surface area contributed by atoms with Crippen molar-refractivity contribution in [1.82, 2.24) is 10.2 Å². The zero-order valence-electron chi connectivity index (χ0n) is 14.3. The molecular weight excluding hydrogens is 356 g/mol. The lowest BCUT2D eigenvalue weighted by Gasteiger charge is -2.39. The monoisotopic (exact) mass is 377 g/mol. The minimum absolute atomic E-state index is 0.0120. The Balaban J connectivity index is 1.33. The average molecular weight is 377 g/mol. The molecule has 2 saturated heterocycles. The van der Waals surface area contributed by atoms with Crippen molar-refractivity contribution in [3.05, 3.63) is 52.2 Å². The highest BCUT2D eigenvalue weighted by atomic mass is 32.1. The number of nitrogens with one attached hydrogen (secondary N) is 2. The molecule has 0 saturated carbocycles. The molecule has 0 aliphatic carbocycles. The van der Waals surface area contributed by atoms with Gasteiger partial charge in [0.15, 0.2) is 0 Å². The first-order chi connectivity index (χ1) is 12.6. The van der Waals surface area contributed by atoms with Gasteiger partial charge in [0.2, 0.25) is 0 Å². The van der Waals surface area contributed by atoms with Gasteiger partial charge in [-0.3, -0.25) is 4.90 Å². The van der Waals surface area contributed by atoms with Gasteiger partial charge in [0.1, 0.15) is 11.6 Å². The number of fused-ring (bicyclic) bond motifs is 2. The fraction of sp³-hybridized carbons (Fsp3) is 0.421. The number of nitrogens with zero attached hydrogens (tertiary/aromatic N) is 1. The molecule has 0 radical (unpaired) electrons. The summed E-state index contributed by atoms with van der Waals surface area (Å²) >= 11 is 1.78. The number of hydrogen-bond acceptors (Lipinski definition) is 3. The quantitative estimate of drug-likeness (QED) is 0.832. The number of carbonyl (C=O) groups is 1. The van der Waals surface area contributed by atoms with Crippen molar-refractivity contribution in [3.63, 3.8) is 0 Å². The number of amides is 2. The number of piperidine rings is 1. The molecule has 1 aromatic carbocycles. The van der Waals surface area contributed by atoms with Crippen LogP contribution in [0.1, 0.15) is 30.6 Å². The Bertz CT molecular complexity index is 769. The largest absolute Gasteiger partial charge is 0.335 e.